The van der Waals surface area contributed by atoms with E-state index in [1.165, 1.54) is 36.4 Å². The minimum Gasteiger partial charge on any atom is -0.268 e. The highest BCUT2D eigenvalue weighted by atomic mass is 16.8. The van der Waals surface area contributed by atoms with Crippen molar-refractivity contribution in [3.05, 3.63) is 100 Å². The molecule has 37 heavy (non-hydrogen) atoms. The lowest BCUT2D eigenvalue weighted by atomic mass is 9.85. The van der Waals surface area contributed by atoms with E-state index in [1.807, 2.05) is 0 Å². The van der Waals surface area contributed by atoms with Gasteiger partial charge in [0.25, 0.3) is 23.6 Å². The summed E-state index contributed by atoms with van der Waals surface area (Å²) in [5.41, 5.74) is 2.57. The highest BCUT2D eigenvalue weighted by Crippen LogP contribution is 2.41. The zero-order valence-electron chi connectivity index (χ0n) is 19.7. The monoisotopic (exact) mass is 493 g/mol. The van der Waals surface area contributed by atoms with Gasteiger partial charge in [-0.2, -0.15) is 0 Å². The smallest absolute Gasteiger partial charge is 0.265 e. The van der Waals surface area contributed by atoms with E-state index in [0.717, 1.165) is 9.80 Å². The number of hydrogen-bond acceptors (Lipinski definition) is 7. The number of carbonyl (C=O) groups is 4. The molecule has 2 aliphatic heterocycles. The van der Waals surface area contributed by atoms with Gasteiger partial charge < -0.3 is 0 Å². The number of anilines is 3. The second-order valence-electron chi connectivity index (χ2n) is 9.01. The largest absolute Gasteiger partial charge is 0.268 e. The number of imide groups is 2. The molecule has 0 aliphatic carbocycles. The van der Waals surface area contributed by atoms with E-state index in [4.69, 9.17) is 0 Å². The highest BCUT2D eigenvalue weighted by Gasteiger charge is 2.41. The molecule has 0 saturated heterocycles. The molecule has 4 aromatic carbocycles. The molecule has 9 heteroatoms. The molecule has 2 N–H and O–H groups in total. The molecule has 0 unspecified atom stereocenters. The van der Waals surface area contributed by atoms with Crippen LogP contribution in [0.5, 0.6) is 0 Å². The number of hydrogen-bond donors (Lipinski definition) is 2. The van der Waals surface area contributed by atoms with Crippen LogP contribution in [0.2, 0.25) is 0 Å². The lowest BCUT2D eigenvalue weighted by Gasteiger charge is -2.32. The number of benzene rings is 4. The van der Waals surface area contributed by atoms with E-state index < -0.39 is 23.6 Å². The van der Waals surface area contributed by atoms with Crippen molar-refractivity contribution in [2.45, 2.75) is 13.8 Å². The minimum absolute atomic E-state index is 0.0176. The van der Waals surface area contributed by atoms with Gasteiger partial charge >= 0.3 is 0 Å². The molecule has 182 valence electrons. The molecular weight excluding hydrogens is 474 g/mol. The van der Waals surface area contributed by atoms with E-state index in [1.54, 1.807) is 44.2 Å². The molecule has 0 spiro atoms. The highest BCUT2D eigenvalue weighted by molar-refractivity contribution is 6.42. The van der Waals surface area contributed by atoms with Crippen LogP contribution in [0.3, 0.4) is 0 Å². The minimum atomic E-state index is -0.605. The Balaban J connectivity index is 1.54. The summed E-state index contributed by atoms with van der Waals surface area (Å²) < 4.78 is 0. The molecule has 6 rings (SSSR count). The molecule has 0 saturated carbocycles. The predicted molar refractivity (Wildman–Crippen MR) is 135 cm³/mol. The number of nitrogens with zero attached hydrogens (tertiary/aromatic N) is 3. The quantitative estimate of drug-likeness (QED) is 0.315. The summed E-state index contributed by atoms with van der Waals surface area (Å²) in [5, 5.41) is 19.5. The molecule has 4 amide bonds. The molecule has 2 heterocycles. The Bertz CT molecular complexity index is 1640. The molecule has 9 nitrogen and oxygen atoms in total. The lowest BCUT2D eigenvalue weighted by molar-refractivity contribution is 0.0288. The predicted octanol–water partition coefficient (Wildman–Crippen LogP) is 4.64. The molecule has 0 atom stereocenters. The Morgan fingerprint density at radius 2 is 1.05 bits per heavy atom. The van der Waals surface area contributed by atoms with Gasteiger partial charge in [-0.1, -0.05) is 18.2 Å². The first-order valence-corrected chi connectivity index (χ1v) is 11.4. The van der Waals surface area contributed by atoms with Crippen molar-refractivity contribution in [1.82, 2.24) is 0 Å². The Hall–Kier alpha value is -4.86. The summed E-state index contributed by atoms with van der Waals surface area (Å²) in [6, 6.07) is 17.6. The maximum Gasteiger partial charge on any atom is 0.265 e. The van der Waals surface area contributed by atoms with Gasteiger partial charge in [-0.3, -0.25) is 29.6 Å². The van der Waals surface area contributed by atoms with Crippen LogP contribution in [0, 0.1) is 13.8 Å². The number of rotatable bonds is 3. The van der Waals surface area contributed by atoms with Crippen molar-refractivity contribution in [3.8, 4) is 0 Å². The van der Waals surface area contributed by atoms with E-state index >= 15 is 0 Å². The summed E-state index contributed by atoms with van der Waals surface area (Å²) in [6.07, 6.45) is 0. The van der Waals surface area contributed by atoms with Crippen LogP contribution in [0.15, 0.2) is 66.7 Å². The van der Waals surface area contributed by atoms with Crippen molar-refractivity contribution >= 4 is 51.5 Å². The van der Waals surface area contributed by atoms with Crippen molar-refractivity contribution in [2.24, 2.45) is 0 Å². The first-order valence-electron chi connectivity index (χ1n) is 11.4. The average molecular weight is 493 g/mol. The molecule has 0 radical (unpaired) electrons. The number of carbonyl (C=O) groups excluding carboxylic acids is 4. The second kappa shape index (κ2) is 7.82. The van der Waals surface area contributed by atoms with Crippen LogP contribution in [0.4, 0.5) is 17.1 Å². The van der Waals surface area contributed by atoms with Crippen molar-refractivity contribution in [1.29, 1.82) is 0 Å². The fourth-order valence-electron chi connectivity index (χ4n) is 5.15. The molecule has 0 fully saturated rings. The normalized spacial score (nSPS) is 14.6. The summed E-state index contributed by atoms with van der Waals surface area (Å²) >= 11 is 0. The Kier molecular flexibility index (Phi) is 4.78. The Morgan fingerprint density at radius 3 is 1.51 bits per heavy atom. The summed E-state index contributed by atoms with van der Waals surface area (Å²) in [6.45, 7) is 3.26. The third-order valence-corrected chi connectivity index (χ3v) is 6.88. The zero-order valence-corrected chi connectivity index (χ0v) is 19.7. The SMILES string of the molecule is Cc1cc(N2C(=O)c3ccc4c5c(ccc(c35)C2=O)C(=O)N(c2ccccc2)C4=O)c(C)cc1N(O)O. The van der Waals surface area contributed by atoms with Crippen LogP contribution in [-0.2, 0) is 0 Å². The molecular formula is C28H19N3O6. The zero-order chi connectivity index (χ0) is 26.2. The van der Waals surface area contributed by atoms with Crippen LogP contribution >= 0.6 is 0 Å². The van der Waals surface area contributed by atoms with Crippen LogP contribution in [-0.4, -0.2) is 34.0 Å². The third-order valence-electron chi connectivity index (χ3n) is 6.88. The fourth-order valence-corrected chi connectivity index (χ4v) is 5.15. The van der Waals surface area contributed by atoms with E-state index in [9.17, 15) is 29.6 Å². The first kappa shape index (κ1) is 22.6. The van der Waals surface area contributed by atoms with Gasteiger partial charge in [0.15, 0.2) is 0 Å². The fraction of sp³-hybridized carbons (Fsp3) is 0.0714. The third kappa shape index (κ3) is 3.05. The average Bonchev–Trinajstić information content (AvgIpc) is 2.88. The van der Waals surface area contributed by atoms with Gasteiger partial charge in [-0.15, -0.1) is 5.23 Å². The van der Waals surface area contributed by atoms with Gasteiger partial charge in [0.05, 0.1) is 17.1 Å². The number of amides is 4. The molecule has 0 bridgehead atoms. The molecule has 4 aromatic rings. The first-order chi connectivity index (χ1) is 17.7. The number of aryl methyl sites for hydroxylation is 2. The maximum absolute atomic E-state index is 13.7. The van der Waals surface area contributed by atoms with Crippen molar-refractivity contribution in [3.63, 3.8) is 0 Å². The van der Waals surface area contributed by atoms with Crippen molar-refractivity contribution in [2.75, 3.05) is 15.0 Å². The second-order valence-corrected chi connectivity index (χ2v) is 9.01. The van der Waals surface area contributed by atoms with E-state index in [-0.39, 0.29) is 43.9 Å². The molecule has 2 aliphatic rings. The van der Waals surface area contributed by atoms with E-state index in [2.05, 4.69) is 0 Å². The van der Waals surface area contributed by atoms with Gasteiger partial charge in [0.1, 0.15) is 0 Å². The standard InChI is InChI=1S/C28H19N3O6/c1-14-13-22(31(36)37)15(2)12-21(14)30-27(34)19-10-8-17-23-18(9-11-20(24(19)23)28(30)35)26(33)29(25(17)32)16-6-4-3-5-7-16/h3-13,36-37H,1-2H3. The van der Waals surface area contributed by atoms with Gasteiger partial charge in [-0.05, 0) is 73.5 Å². The van der Waals surface area contributed by atoms with Gasteiger partial charge in [-0.25, -0.2) is 9.80 Å². The summed E-state index contributed by atoms with van der Waals surface area (Å²) in [4.78, 5) is 56.4. The Labute approximate surface area is 210 Å². The van der Waals surface area contributed by atoms with E-state index in [0.29, 0.717) is 22.5 Å². The topological polar surface area (TPSA) is 118 Å². The lowest BCUT2D eigenvalue weighted by Crippen LogP contribution is -2.43. The van der Waals surface area contributed by atoms with Gasteiger partial charge in [0.2, 0.25) is 0 Å². The van der Waals surface area contributed by atoms with Crippen LogP contribution < -0.4 is 15.0 Å². The van der Waals surface area contributed by atoms with Crippen LogP contribution in [0.1, 0.15) is 52.6 Å². The van der Waals surface area contributed by atoms with Crippen LogP contribution in [0.25, 0.3) is 10.8 Å². The van der Waals surface area contributed by atoms with Gasteiger partial charge in [0, 0.05) is 33.0 Å². The van der Waals surface area contributed by atoms with Crippen molar-refractivity contribution < 1.29 is 29.6 Å². The maximum atomic E-state index is 13.7. The number of para-hydroxylation sites is 1. The summed E-state index contributed by atoms with van der Waals surface area (Å²) in [5.74, 6) is -2.28. The summed E-state index contributed by atoms with van der Waals surface area (Å²) in [7, 11) is 0. The molecule has 0 aromatic heterocycles. The Morgan fingerprint density at radius 1 is 0.595 bits per heavy atom.